The molecule has 5 nitrogen and oxygen atoms in total. The van der Waals surface area contributed by atoms with Crippen molar-refractivity contribution in [1.82, 2.24) is 9.55 Å². The number of para-hydroxylation sites is 5. The molecule has 6 aromatic carbocycles. The molecule has 0 atom stereocenters. The van der Waals surface area contributed by atoms with E-state index in [0.717, 1.165) is 83.1 Å². The highest BCUT2D eigenvalue weighted by Crippen LogP contribution is 2.39. The summed E-state index contributed by atoms with van der Waals surface area (Å²) in [6, 6.07) is 43.7. The Morgan fingerprint density at radius 2 is 1.19 bits per heavy atom. The van der Waals surface area contributed by atoms with Gasteiger partial charge < -0.3 is 14.2 Å². The SMILES string of the molecule is c1ccc(-n2cnc3ccccc32)c(Nc2cccc3oc4ccc(-c5ccc6oc7ccccc7c6c5)cc4c23)c1. The van der Waals surface area contributed by atoms with Crippen molar-refractivity contribution in [3.63, 3.8) is 0 Å². The maximum absolute atomic E-state index is 6.33. The average Bonchev–Trinajstić information content (AvgIpc) is 3.74. The lowest BCUT2D eigenvalue weighted by molar-refractivity contribution is 0.668. The smallest absolute Gasteiger partial charge is 0.137 e. The molecule has 198 valence electrons. The van der Waals surface area contributed by atoms with Gasteiger partial charge in [0.2, 0.25) is 0 Å². The molecule has 0 bridgehead atoms. The molecule has 0 fully saturated rings. The Morgan fingerprint density at radius 3 is 2.12 bits per heavy atom. The second-order valence-corrected chi connectivity index (χ2v) is 10.5. The molecule has 1 N–H and O–H groups in total. The summed E-state index contributed by atoms with van der Waals surface area (Å²) in [6.45, 7) is 0. The highest BCUT2D eigenvalue weighted by molar-refractivity contribution is 6.13. The minimum Gasteiger partial charge on any atom is -0.456 e. The van der Waals surface area contributed by atoms with Crippen LogP contribution in [0.3, 0.4) is 0 Å². The van der Waals surface area contributed by atoms with Crippen LogP contribution in [0.4, 0.5) is 11.4 Å². The second kappa shape index (κ2) is 8.85. The largest absolute Gasteiger partial charge is 0.456 e. The molecule has 9 aromatic rings. The zero-order valence-electron chi connectivity index (χ0n) is 22.4. The van der Waals surface area contributed by atoms with Crippen LogP contribution in [-0.2, 0) is 0 Å². The number of hydrogen-bond donors (Lipinski definition) is 1. The van der Waals surface area contributed by atoms with Crippen LogP contribution in [0.25, 0.3) is 71.7 Å². The Hall–Kier alpha value is -5.81. The van der Waals surface area contributed by atoms with Gasteiger partial charge in [-0.1, -0.05) is 60.7 Å². The van der Waals surface area contributed by atoms with Gasteiger partial charge in [-0.25, -0.2) is 4.98 Å². The van der Waals surface area contributed by atoms with Crippen molar-refractivity contribution in [2.45, 2.75) is 0 Å². The predicted octanol–water partition coefficient (Wildman–Crippen LogP) is 10.2. The predicted molar refractivity (Wildman–Crippen MR) is 171 cm³/mol. The second-order valence-electron chi connectivity index (χ2n) is 10.5. The number of nitrogens with zero attached hydrogens (tertiary/aromatic N) is 2. The van der Waals surface area contributed by atoms with Crippen LogP contribution in [0.15, 0.2) is 143 Å². The first-order valence-electron chi connectivity index (χ1n) is 14.0. The molecule has 0 radical (unpaired) electrons. The van der Waals surface area contributed by atoms with E-state index in [0.29, 0.717) is 0 Å². The third-order valence-corrected chi connectivity index (χ3v) is 8.09. The number of hydrogen-bond acceptors (Lipinski definition) is 4. The molecule has 0 saturated carbocycles. The van der Waals surface area contributed by atoms with Crippen LogP contribution in [0.2, 0.25) is 0 Å². The van der Waals surface area contributed by atoms with Crippen LogP contribution in [0.5, 0.6) is 0 Å². The minimum absolute atomic E-state index is 0.842. The average molecular weight is 542 g/mol. The van der Waals surface area contributed by atoms with Crippen molar-refractivity contribution in [1.29, 1.82) is 0 Å². The van der Waals surface area contributed by atoms with E-state index in [1.165, 1.54) is 0 Å². The number of aromatic nitrogens is 2. The van der Waals surface area contributed by atoms with Gasteiger partial charge >= 0.3 is 0 Å². The summed E-state index contributed by atoms with van der Waals surface area (Å²) >= 11 is 0. The van der Waals surface area contributed by atoms with E-state index in [-0.39, 0.29) is 0 Å². The first-order valence-corrected chi connectivity index (χ1v) is 14.0. The fourth-order valence-electron chi connectivity index (χ4n) is 6.10. The third-order valence-electron chi connectivity index (χ3n) is 8.09. The first kappa shape index (κ1) is 22.9. The van der Waals surface area contributed by atoms with Gasteiger partial charge in [0.05, 0.1) is 33.5 Å². The Labute approximate surface area is 240 Å². The number of fused-ring (bicyclic) bond motifs is 7. The summed E-state index contributed by atoms with van der Waals surface area (Å²) < 4.78 is 14.5. The maximum atomic E-state index is 6.33. The number of rotatable bonds is 4. The Balaban J connectivity index is 1.18. The van der Waals surface area contributed by atoms with E-state index in [9.17, 15) is 0 Å². The quantitative estimate of drug-likeness (QED) is 0.241. The van der Waals surface area contributed by atoms with Gasteiger partial charge in [-0.05, 0) is 77.9 Å². The molecular weight excluding hydrogens is 518 g/mol. The number of nitrogens with one attached hydrogen (secondary N) is 1. The fourth-order valence-corrected chi connectivity index (χ4v) is 6.10. The van der Waals surface area contributed by atoms with Crippen molar-refractivity contribution >= 4 is 66.3 Å². The van der Waals surface area contributed by atoms with E-state index >= 15 is 0 Å². The molecule has 0 spiro atoms. The molecule has 3 aromatic heterocycles. The first-order chi connectivity index (χ1) is 20.8. The summed E-state index contributed by atoms with van der Waals surface area (Å²) in [5.41, 5.74) is 10.8. The molecule has 9 rings (SSSR count). The Kier molecular flexibility index (Phi) is 4.83. The summed E-state index contributed by atoms with van der Waals surface area (Å²) in [4.78, 5) is 4.61. The van der Waals surface area contributed by atoms with Gasteiger partial charge in [-0.2, -0.15) is 0 Å². The highest BCUT2D eigenvalue weighted by Gasteiger charge is 2.15. The Bertz CT molecular complexity index is 2460. The molecule has 42 heavy (non-hydrogen) atoms. The van der Waals surface area contributed by atoms with Crippen molar-refractivity contribution in [2.24, 2.45) is 0 Å². The molecule has 0 aliphatic heterocycles. The van der Waals surface area contributed by atoms with Crippen molar-refractivity contribution in [3.8, 4) is 16.8 Å². The standard InChI is InChI=1S/C37H23N3O2/c1-6-14-33-25(8-1)26-20-23(16-18-34(26)41-33)24-17-19-35-27(21-24)37-30(11-7-15-36(37)42-35)39-29-10-3-5-13-32(29)40-22-38-28-9-2-4-12-31(28)40/h1-22,39H. The molecule has 0 unspecified atom stereocenters. The highest BCUT2D eigenvalue weighted by atomic mass is 16.3. The van der Waals surface area contributed by atoms with Gasteiger partial charge in [-0.3, -0.25) is 4.57 Å². The van der Waals surface area contributed by atoms with Crippen LogP contribution < -0.4 is 5.32 Å². The van der Waals surface area contributed by atoms with Gasteiger partial charge in [0.25, 0.3) is 0 Å². The molecule has 0 saturated heterocycles. The van der Waals surface area contributed by atoms with E-state index in [4.69, 9.17) is 8.83 Å². The van der Waals surface area contributed by atoms with Gasteiger partial charge in [0.15, 0.2) is 0 Å². The van der Waals surface area contributed by atoms with Gasteiger partial charge in [-0.15, -0.1) is 0 Å². The molecule has 0 aliphatic rings. The third kappa shape index (κ3) is 3.47. The Morgan fingerprint density at radius 1 is 0.524 bits per heavy atom. The maximum Gasteiger partial charge on any atom is 0.137 e. The molecule has 3 heterocycles. The molecule has 0 amide bonds. The lowest BCUT2D eigenvalue weighted by Gasteiger charge is -2.14. The zero-order valence-corrected chi connectivity index (χ0v) is 22.4. The van der Waals surface area contributed by atoms with Crippen molar-refractivity contribution in [2.75, 3.05) is 5.32 Å². The number of benzene rings is 6. The van der Waals surface area contributed by atoms with Crippen LogP contribution >= 0.6 is 0 Å². The number of furan rings is 2. The van der Waals surface area contributed by atoms with Gasteiger partial charge in [0.1, 0.15) is 28.7 Å². The van der Waals surface area contributed by atoms with Crippen LogP contribution in [0.1, 0.15) is 0 Å². The summed E-state index contributed by atoms with van der Waals surface area (Å²) in [5, 5.41) is 8.08. The van der Waals surface area contributed by atoms with E-state index in [1.807, 2.05) is 54.9 Å². The normalized spacial score (nSPS) is 11.8. The molecule has 5 heteroatoms. The van der Waals surface area contributed by atoms with Gasteiger partial charge in [0, 0.05) is 16.2 Å². The zero-order chi connectivity index (χ0) is 27.6. The van der Waals surface area contributed by atoms with Crippen LogP contribution in [0, 0.1) is 0 Å². The van der Waals surface area contributed by atoms with E-state index in [1.54, 1.807) is 0 Å². The van der Waals surface area contributed by atoms with Crippen LogP contribution in [-0.4, -0.2) is 9.55 Å². The number of anilines is 2. The molecular formula is C37H23N3O2. The monoisotopic (exact) mass is 541 g/mol. The summed E-state index contributed by atoms with van der Waals surface area (Å²) in [7, 11) is 0. The number of imidazole rings is 1. The van der Waals surface area contributed by atoms with E-state index in [2.05, 4.69) is 93.7 Å². The summed E-state index contributed by atoms with van der Waals surface area (Å²) in [5.74, 6) is 0. The fraction of sp³-hybridized carbons (Fsp3) is 0. The lowest BCUT2D eigenvalue weighted by Crippen LogP contribution is -1.99. The van der Waals surface area contributed by atoms with E-state index < -0.39 is 0 Å². The topological polar surface area (TPSA) is 56.1 Å². The minimum atomic E-state index is 0.842. The van der Waals surface area contributed by atoms with Crippen molar-refractivity contribution in [3.05, 3.63) is 134 Å². The van der Waals surface area contributed by atoms with Crippen molar-refractivity contribution < 1.29 is 8.83 Å². The lowest BCUT2D eigenvalue weighted by atomic mass is 10.0. The summed E-state index contributed by atoms with van der Waals surface area (Å²) in [6.07, 6.45) is 1.88. The molecule has 0 aliphatic carbocycles.